The molecule has 6 heteroatoms. The van der Waals surface area contributed by atoms with Gasteiger partial charge in [0.1, 0.15) is 17.2 Å². The van der Waals surface area contributed by atoms with Gasteiger partial charge in [0.2, 0.25) is 0 Å². The van der Waals surface area contributed by atoms with Crippen LogP contribution in [0.1, 0.15) is 11.3 Å². The Morgan fingerprint density at radius 3 is 2.21 bits per heavy atom. The van der Waals surface area contributed by atoms with E-state index in [1.165, 1.54) is 5.56 Å². The largest absolute Gasteiger partial charge is 0.497 e. The van der Waals surface area contributed by atoms with Crippen LogP contribution in [0.2, 0.25) is 0 Å². The summed E-state index contributed by atoms with van der Waals surface area (Å²) in [4.78, 5) is 8.54. The van der Waals surface area contributed by atoms with E-state index >= 15 is 0 Å². The van der Waals surface area contributed by atoms with Gasteiger partial charge in [0.25, 0.3) is 0 Å². The number of hydrogen-bond acceptors (Lipinski definition) is 4. The molecular weight excluding hydrogens is 364 g/mol. The number of methoxy groups -OCH3 is 1. The van der Waals surface area contributed by atoms with Crippen LogP contribution in [-0.2, 0) is 13.0 Å². The Morgan fingerprint density at radius 2 is 1.59 bits per heavy atom. The number of ether oxygens (including phenoxy) is 2. The molecule has 150 valence electrons. The van der Waals surface area contributed by atoms with Crippen molar-refractivity contribution >= 4 is 5.96 Å². The third kappa shape index (κ3) is 6.53. The lowest BCUT2D eigenvalue weighted by Crippen LogP contribution is -2.38. The van der Waals surface area contributed by atoms with Gasteiger partial charge in [0, 0.05) is 19.8 Å². The molecule has 2 N–H and O–H groups in total. The summed E-state index contributed by atoms with van der Waals surface area (Å²) in [5.74, 6) is 3.16. The number of rotatable bonds is 8. The third-order valence-corrected chi connectivity index (χ3v) is 4.31. The van der Waals surface area contributed by atoms with Gasteiger partial charge in [-0.05, 0) is 60.5 Å². The first kappa shape index (κ1) is 20.2. The van der Waals surface area contributed by atoms with Crippen LogP contribution < -0.4 is 20.1 Å². The maximum Gasteiger partial charge on any atom is 0.191 e. The molecule has 0 unspecified atom stereocenters. The molecule has 0 bridgehead atoms. The van der Waals surface area contributed by atoms with E-state index in [4.69, 9.17) is 9.47 Å². The van der Waals surface area contributed by atoms with Crippen LogP contribution in [-0.4, -0.2) is 31.6 Å². The van der Waals surface area contributed by atoms with Gasteiger partial charge in [-0.1, -0.05) is 18.2 Å². The Morgan fingerprint density at radius 1 is 0.897 bits per heavy atom. The quantitative estimate of drug-likeness (QED) is 0.452. The lowest BCUT2D eigenvalue weighted by atomic mass is 10.1. The number of aromatic nitrogens is 1. The summed E-state index contributed by atoms with van der Waals surface area (Å²) in [5, 5.41) is 6.59. The first-order valence-electron chi connectivity index (χ1n) is 9.52. The first-order valence-corrected chi connectivity index (χ1v) is 9.52. The topological polar surface area (TPSA) is 67.8 Å². The lowest BCUT2D eigenvalue weighted by Gasteiger charge is -2.12. The van der Waals surface area contributed by atoms with Gasteiger partial charge in [-0.15, -0.1) is 0 Å². The standard InChI is InChI=1S/C23H26N4O2/c1-24-23(27-17-19-5-3-4-15-25-19)26-16-14-18-6-8-21(9-7-18)29-22-12-10-20(28-2)11-13-22/h3-13,15H,14,16-17H2,1-2H3,(H2,24,26,27). The SMILES string of the molecule is CN=C(NCCc1ccc(Oc2ccc(OC)cc2)cc1)NCc1ccccn1. The minimum Gasteiger partial charge on any atom is -0.497 e. The highest BCUT2D eigenvalue weighted by Crippen LogP contribution is 2.24. The summed E-state index contributed by atoms with van der Waals surface area (Å²) >= 11 is 0. The van der Waals surface area contributed by atoms with Crippen LogP contribution in [0.25, 0.3) is 0 Å². The number of benzene rings is 2. The molecule has 0 amide bonds. The van der Waals surface area contributed by atoms with Crippen LogP contribution in [0.15, 0.2) is 77.9 Å². The van der Waals surface area contributed by atoms with Crippen LogP contribution in [0.3, 0.4) is 0 Å². The summed E-state index contributed by atoms with van der Waals surface area (Å²) in [6.07, 6.45) is 2.67. The monoisotopic (exact) mass is 390 g/mol. The van der Waals surface area contributed by atoms with E-state index < -0.39 is 0 Å². The van der Waals surface area contributed by atoms with Gasteiger partial charge in [0.05, 0.1) is 19.3 Å². The molecule has 0 atom stereocenters. The molecule has 2 aromatic carbocycles. The molecular formula is C23H26N4O2. The van der Waals surface area contributed by atoms with Crippen molar-refractivity contribution in [2.75, 3.05) is 20.7 Å². The zero-order chi connectivity index (χ0) is 20.3. The number of hydrogen-bond donors (Lipinski definition) is 2. The van der Waals surface area contributed by atoms with Crippen molar-refractivity contribution in [3.63, 3.8) is 0 Å². The van der Waals surface area contributed by atoms with Crippen molar-refractivity contribution in [3.05, 3.63) is 84.2 Å². The van der Waals surface area contributed by atoms with Crippen molar-refractivity contribution in [3.8, 4) is 17.2 Å². The summed E-state index contributed by atoms with van der Waals surface area (Å²) in [6.45, 7) is 1.42. The fourth-order valence-electron chi connectivity index (χ4n) is 2.73. The van der Waals surface area contributed by atoms with Gasteiger partial charge in [-0.3, -0.25) is 9.98 Å². The second-order valence-corrected chi connectivity index (χ2v) is 6.35. The highest BCUT2D eigenvalue weighted by molar-refractivity contribution is 5.79. The van der Waals surface area contributed by atoms with Gasteiger partial charge in [-0.25, -0.2) is 0 Å². The predicted molar refractivity (Wildman–Crippen MR) is 116 cm³/mol. The Bertz CT molecular complexity index is 894. The highest BCUT2D eigenvalue weighted by Gasteiger charge is 2.01. The molecule has 6 nitrogen and oxygen atoms in total. The lowest BCUT2D eigenvalue weighted by molar-refractivity contribution is 0.413. The molecule has 0 aliphatic heterocycles. The minimum absolute atomic E-state index is 0.637. The van der Waals surface area contributed by atoms with E-state index in [1.54, 1.807) is 20.4 Å². The normalized spacial score (nSPS) is 11.0. The molecule has 0 saturated carbocycles. The summed E-state index contributed by atoms with van der Waals surface area (Å²) in [5.41, 5.74) is 2.20. The zero-order valence-electron chi connectivity index (χ0n) is 16.8. The van der Waals surface area contributed by atoms with Gasteiger partial charge in [-0.2, -0.15) is 0 Å². The average molecular weight is 390 g/mol. The first-order chi connectivity index (χ1) is 14.3. The van der Waals surface area contributed by atoms with Crippen LogP contribution >= 0.6 is 0 Å². The maximum atomic E-state index is 5.86. The summed E-state index contributed by atoms with van der Waals surface area (Å²) in [6, 6.07) is 21.5. The fourth-order valence-corrected chi connectivity index (χ4v) is 2.73. The van der Waals surface area contributed by atoms with E-state index in [1.807, 2.05) is 54.6 Å². The van der Waals surface area contributed by atoms with Gasteiger partial charge in [0.15, 0.2) is 5.96 Å². The smallest absolute Gasteiger partial charge is 0.191 e. The Hall–Kier alpha value is -3.54. The van der Waals surface area contributed by atoms with Crippen LogP contribution in [0.4, 0.5) is 0 Å². The van der Waals surface area contributed by atoms with Crippen molar-refractivity contribution < 1.29 is 9.47 Å². The Labute approximate surface area is 171 Å². The maximum absolute atomic E-state index is 5.86. The number of nitrogens with one attached hydrogen (secondary N) is 2. The predicted octanol–water partition coefficient (Wildman–Crippen LogP) is 3.79. The Balaban J connectivity index is 1.43. The van der Waals surface area contributed by atoms with Crippen molar-refractivity contribution in [1.29, 1.82) is 0 Å². The van der Waals surface area contributed by atoms with Crippen molar-refractivity contribution in [2.45, 2.75) is 13.0 Å². The fraction of sp³-hybridized carbons (Fsp3) is 0.217. The summed E-state index contributed by atoms with van der Waals surface area (Å²) in [7, 11) is 3.41. The number of pyridine rings is 1. The molecule has 0 spiro atoms. The summed E-state index contributed by atoms with van der Waals surface area (Å²) < 4.78 is 11.0. The molecule has 0 aliphatic rings. The molecule has 1 aromatic heterocycles. The highest BCUT2D eigenvalue weighted by atomic mass is 16.5. The zero-order valence-corrected chi connectivity index (χ0v) is 16.8. The molecule has 0 aliphatic carbocycles. The van der Waals surface area contributed by atoms with E-state index in [9.17, 15) is 0 Å². The van der Waals surface area contributed by atoms with Gasteiger partial charge >= 0.3 is 0 Å². The molecule has 29 heavy (non-hydrogen) atoms. The Kier molecular flexibility index (Phi) is 7.46. The molecule has 1 heterocycles. The third-order valence-electron chi connectivity index (χ3n) is 4.31. The number of aliphatic imine (C=N–C) groups is 1. The van der Waals surface area contributed by atoms with E-state index in [-0.39, 0.29) is 0 Å². The van der Waals surface area contributed by atoms with E-state index in [0.29, 0.717) is 6.54 Å². The van der Waals surface area contributed by atoms with Gasteiger partial charge < -0.3 is 20.1 Å². The number of guanidine groups is 1. The minimum atomic E-state index is 0.637. The van der Waals surface area contributed by atoms with E-state index in [0.717, 1.165) is 41.9 Å². The van der Waals surface area contributed by atoms with E-state index in [2.05, 4.69) is 32.7 Å². The molecule has 3 aromatic rings. The number of nitrogens with zero attached hydrogens (tertiary/aromatic N) is 2. The second kappa shape index (κ2) is 10.7. The molecule has 3 rings (SSSR count). The van der Waals surface area contributed by atoms with Crippen molar-refractivity contribution in [2.24, 2.45) is 4.99 Å². The molecule has 0 fully saturated rings. The molecule has 0 radical (unpaired) electrons. The van der Waals surface area contributed by atoms with Crippen molar-refractivity contribution in [1.82, 2.24) is 15.6 Å². The average Bonchev–Trinajstić information content (AvgIpc) is 2.78. The van der Waals surface area contributed by atoms with Crippen LogP contribution in [0.5, 0.6) is 17.2 Å². The molecule has 0 saturated heterocycles. The van der Waals surface area contributed by atoms with Crippen LogP contribution in [0, 0.1) is 0 Å². The second-order valence-electron chi connectivity index (χ2n) is 6.35.